The number of aliphatic hydroxyl groups is 1. The van der Waals surface area contributed by atoms with E-state index in [0.717, 1.165) is 77.0 Å². The zero-order valence-electron chi connectivity index (χ0n) is 33.6. The smallest absolute Gasteiger partial charge is 0.268 e. The lowest BCUT2D eigenvalue weighted by Gasteiger charge is -2.30. The molecule has 0 aliphatic rings. The van der Waals surface area contributed by atoms with Crippen molar-refractivity contribution < 1.29 is 37.7 Å². The number of aliphatic hydroxyl groups excluding tert-OH is 1. The first-order valence-electron chi connectivity index (χ1n) is 20.6. The highest BCUT2D eigenvalue weighted by molar-refractivity contribution is 7.45. The molecule has 1 unspecified atom stereocenters. The third-order valence-electron chi connectivity index (χ3n) is 9.17. The summed E-state index contributed by atoms with van der Waals surface area (Å²) in [4.78, 5) is 37.0. The Morgan fingerprint density at radius 3 is 1.82 bits per heavy atom. The highest BCUT2D eigenvalue weighted by atomic mass is 31.2. The van der Waals surface area contributed by atoms with Crippen molar-refractivity contribution in [3.05, 3.63) is 24.3 Å². The van der Waals surface area contributed by atoms with Crippen molar-refractivity contribution in [3.8, 4) is 0 Å². The normalized spacial score (nSPS) is 14.6. The van der Waals surface area contributed by atoms with Crippen molar-refractivity contribution in [1.82, 2.24) is 5.32 Å². The molecule has 0 aliphatic heterocycles. The second-order valence-corrected chi connectivity index (χ2v) is 16.8. The maximum absolute atomic E-state index is 12.8. The van der Waals surface area contributed by atoms with Gasteiger partial charge in [0.1, 0.15) is 13.2 Å². The van der Waals surface area contributed by atoms with Crippen LogP contribution in [0.5, 0.6) is 0 Å². The molecule has 1 amide bonds. The standard InChI is InChI=1S/C41H79N2O7P/c1-6-8-10-11-12-13-14-15-16-19-22-25-29-33-40(45)39(37-50-51(47,48)49-36-35-43(3,4)5)42-41(46)34-30-26-23-20-17-18-21-24-28-32-38(44)31-27-9-7-2/h21,24,28,32,39-40,45H,6-20,22-23,25-27,29-31,33-37H2,1-5H3,(H-,42,46,47,48)/b24-21-,32-28+/t39-,40+/m0/s1. The predicted octanol–water partition coefficient (Wildman–Crippen LogP) is 9.51. The average molecular weight is 743 g/mol. The second-order valence-electron chi connectivity index (χ2n) is 15.4. The Morgan fingerprint density at radius 2 is 1.24 bits per heavy atom. The van der Waals surface area contributed by atoms with E-state index in [2.05, 4.69) is 25.2 Å². The molecule has 0 rings (SSSR count). The van der Waals surface area contributed by atoms with Crippen LogP contribution in [0.4, 0.5) is 0 Å². The summed E-state index contributed by atoms with van der Waals surface area (Å²) in [5, 5.41) is 13.8. The van der Waals surface area contributed by atoms with E-state index < -0.39 is 20.0 Å². The molecule has 51 heavy (non-hydrogen) atoms. The summed E-state index contributed by atoms with van der Waals surface area (Å²) in [5.74, 6) is -0.0237. The molecular weight excluding hydrogens is 663 g/mol. The SMILES string of the molecule is CCCCCCCCCCCCCCC[C@@H](O)[C@H](COP(=O)([O-])OCC[N+](C)(C)C)NC(=O)CCCCCCC/C=C\C=C\C(=O)CCCCC. The maximum atomic E-state index is 12.8. The number of phosphoric acid groups is 1. The van der Waals surface area contributed by atoms with E-state index in [1.807, 2.05) is 33.3 Å². The van der Waals surface area contributed by atoms with Gasteiger partial charge in [0.15, 0.2) is 5.78 Å². The topological polar surface area (TPSA) is 125 Å². The summed E-state index contributed by atoms with van der Waals surface area (Å²) in [5.41, 5.74) is 0. The van der Waals surface area contributed by atoms with Gasteiger partial charge in [-0.05, 0) is 38.2 Å². The highest BCUT2D eigenvalue weighted by Crippen LogP contribution is 2.38. The third kappa shape index (κ3) is 35.4. The largest absolute Gasteiger partial charge is 0.756 e. The molecule has 300 valence electrons. The number of hydrogen-bond acceptors (Lipinski definition) is 7. The number of likely N-dealkylation sites (N-methyl/N-ethyl adjacent to an activating group) is 1. The van der Waals surface area contributed by atoms with Crippen LogP contribution in [0.25, 0.3) is 0 Å². The van der Waals surface area contributed by atoms with E-state index in [1.165, 1.54) is 64.2 Å². The van der Waals surface area contributed by atoms with Gasteiger partial charge in [-0.1, -0.05) is 148 Å². The lowest BCUT2D eigenvalue weighted by Crippen LogP contribution is -2.46. The van der Waals surface area contributed by atoms with Gasteiger partial charge >= 0.3 is 0 Å². The van der Waals surface area contributed by atoms with Crippen molar-refractivity contribution in [3.63, 3.8) is 0 Å². The molecule has 9 nitrogen and oxygen atoms in total. The number of quaternary nitrogens is 1. The molecule has 0 aromatic rings. The number of carbonyl (C=O) groups excluding carboxylic acids is 2. The molecule has 2 N–H and O–H groups in total. The van der Waals surface area contributed by atoms with Crippen molar-refractivity contribution in [2.75, 3.05) is 40.9 Å². The molecule has 0 fully saturated rings. The summed E-state index contributed by atoms with van der Waals surface area (Å²) in [6, 6.07) is -0.827. The molecule has 0 saturated carbocycles. The molecule has 0 aromatic heterocycles. The Balaban J connectivity index is 4.50. The molecule has 0 spiro atoms. The molecule has 0 heterocycles. The number of carbonyl (C=O) groups is 2. The Bertz CT molecular complexity index is 951. The summed E-state index contributed by atoms with van der Waals surface area (Å²) in [7, 11) is 1.25. The van der Waals surface area contributed by atoms with Gasteiger partial charge in [0.05, 0.1) is 39.9 Å². The van der Waals surface area contributed by atoms with E-state index in [9.17, 15) is 24.2 Å². The van der Waals surface area contributed by atoms with Crippen LogP contribution in [0.2, 0.25) is 0 Å². The predicted molar refractivity (Wildman–Crippen MR) is 210 cm³/mol. The first kappa shape index (κ1) is 49.6. The average Bonchev–Trinajstić information content (AvgIpc) is 3.06. The number of nitrogens with one attached hydrogen (secondary N) is 1. The van der Waals surface area contributed by atoms with Crippen LogP contribution >= 0.6 is 7.82 Å². The van der Waals surface area contributed by atoms with Crippen molar-refractivity contribution in [1.29, 1.82) is 0 Å². The Kier molecular flexibility index (Phi) is 32.4. The first-order valence-corrected chi connectivity index (χ1v) is 22.1. The summed E-state index contributed by atoms with van der Waals surface area (Å²) >= 11 is 0. The van der Waals surface area contributed by atoms with E-state index in [1.54, 1.807) is 6.08 Å². The zero-order valence-corrected chi connectivity index (χ0v) is 34.4. The minimum absolute atomic E-state index is 0.00362. The number of allylic oxidation sites excluding steroid dienone is 4. The van der Waals surface area contributed by atoms with Crippen LogP contribution in [-0.2, 0) is 23.2 Å². The van der Waals surface area contributed by atoms with Crippen LogP contribution in [0.15, 0.2) is 24.3 Å². The number of rotatable bonds is 37. The Labute approximate surface area is 313 Å². The van der Waals surface area contributed by atoms with Gasteiger partial charge in [0, 0.05) is 12.8 Å². The fraction of sp³-hybridized carbons (Fsp3) is 0.854. The Morgan fingerprint density at radius 1 is 0.725 bits per heavy atom. The molecule has 0 bridgehead atoms. The summed E-state index contributed by atoms with van der Waals surface area (Å²) in [6.45, 7) is 4.51. The number of ketones is 1. The highest BCUT2D eigenvalue weighted by Gasteiger charge is 2.24. The molecule has 0 saturated heterocycles. The molecule has 10 heteroatoms. The fourth-order valence-electron chi connectivity index (χ4n) is 5.78. The van der Waals surface area contributed by atoms with E-state index in [0.29, 0.717) is 30.3 Å². The third-order valence-corrected chi connectivity index (χ3v) is 10.1. The van der Waals surface area contributed by atoms with Crippen LogP contribution in [0, 0.1) is 0 Å². The fourth-order valence-corrected chi connectivity index (χ4v) is 6.51. The summed E-state index contributed by atoms with van der Waals surface area (Å²) in [6.07, 6.45) is 32.9. The second kappa shape index (κ2) is 33.2. The zero-order chi connectivity index (χ0) is 38.1. The van der Waals surface area contributed by atoms with Crippen molar-refractivity contribution >= 4 is 19.5 Å². The van der Waals surface area contributed by atoms with Crippen molar-refractivity contribution in [2.45, 2.75) is 187 Å². The molecular formula is C41H79N2O7P. The lowest BCUT2D eigenvalue weighted by atomic mass is 10.0. The van der Waals surface area contributed by atoms with E-state index in [4.69, 9.17) is 9.05 Å². The van der Waals surface area contributed by atoms with Crippen molar-refractivity contribution in [2.24, 2.45) is 0 Å². The van der Waals surface area contributed by atoms with Crippen LogP contribution in [-0.4, -0.2) is 74.3 Å². The summed E-state index contributed by atoms with van der Waals surface area (Å²) < 4.78 is 23.2. The van der Waals surface area contributed by atoms with Gasteiger partial charge < -0.3 is 28.8 Å². The van der Waals surface area contributed by atoms with E-state index >= 15 is 0 Å². The minimum atomic E-state index is -4.58. The number of unbranched alkanes of at least 4 members (excludes halogenated alkanes) is 19. The number of amides is 1. The maximum Gasteiger partial charge on any atom is 0.268 e. The minimum Gasteiger partial charge on any atom is -0.756 e. The van der Waals surface area contributed by atoms with Crippen LogP contribution in [0.3, 0.4) is 0 Å². The Hall–Kier alpha value is -1.35. The van der Waals surface area contributed by atoms with Gasteiger partial charge in [-0.25, -0.2) is 0 Å². The monoisotopic (exact) mass is 743 g/mol. The van der Waals surface area contributed by atoms with Gasteiger partial charge in [-0.15, -0.1) is 0 Å². The van der Waals surface area contributed by atoms with Crippen LogP contribution in [0.1, 0.15) is 174 Å². The first-order chi connectivity index (χ1) is 24.4. The number of phosphoric ester groups is 1. The number of hydrogen-bond donors (Lipinski definition) is 2. The van der Waals surface area contributed by atoms with Gasteiger partial charge in [-0.3, -0.25) is 14.2 Å². The molecule has 3 atom stereocenters. The van der Waals surface area contributed by atoms with Gasteiger partial charge in [-0.2, -0.15) is 0 Å². The quantitative estimate of drug-likeness (QED) is 0.0214. The molecule has 0 radical (unpaired) electrons. The van der Waals surface area contributed by atoms with Gasteiger partial charge in [0.25, 0.3) is 7.82 Å². The van der Waals surface area contributed by atoms with Crippen LogP contribution < -0.4 is 10.2 Å². The lowest BCUT2D eigenvalue weighted by molar-refractivity contribution is -0.870. The van der Waals surface area contributed by atoms with E-state index in [-0.39, 0.29) is 24.9 Å². The molecule has 0 aliphatic carbocycles. The van der Waals surface area contributed by atoms with Gasteiger partial charge in [0.2, 0.25) is 5.91 Å². The molecule has 0 aromatic carbocycles. The number of nitrogens with zero attached hydrogens (tertiary/aromatic N) is 1.